The number of amides is 2. The van der Waals surface area contributed by atoms with Gasteiger partial charge in [0.2, 0.25) is 11.8 Å². The first kappa shape index (κ1) is 20.8. The second-order valence-electron chi connectivity index (χ2n) is 5.90. The summed E-state index contributed by atoms with van der Waals surface area (Å²) < 4.78 is 38.9. The van der Waals surface area contributed by atoms with E-state index in [1.54, 1.807) is 12.1 Å². The van der Waals surface area contributed by atoms with Crippen LogP contribution >= 0.6 is 11.8 Å². The van der Waals surface area contributed by atoms with Crippen LogP contribution in [0.15, 0.2) is 48.5 Å². The van der Waals surface area contributed by atoms with Crippen molar-refractivity contribution in [1.82, 2.24) is 0 Å². The Kier molecular flexibility index (Phi) is 6.90. The van der Waals surface area contributed by atoms with Gasteiger partial charge in [0, 0.05) is 5.69 Å². The summed E-state index contributed by atoms with van der Waals surface area (Å²) >= 11 is 1.04. The highest BCUT2D eigenvalue weighted by Gasteiger charge is 2.33. The average molecular weight is 396 g/mol. The summed E-state index contributed by atoms with van der Waals surface area (Å²) in [6.07, 6.45) is -4.56. The number of para-hydroxylation sites is 1. The fourth-order valence-corrected chi connectivity index (χ4v) is 2.87. The molecule has 2 aromatic carbocycles. The quantitative estimate of drug-likeness (QED) is 0.743. The van der Waals surface area contributed by atoms with Crippen molar-refractivity contribution in [2.75, 3.05) is 16.4 Å². The number of hydrogen-bond acceptors (Lipinski definition) is 3. The number of carbonyl (C=O) groups excluding carboxylic acids is 2. The van der Waals surface area contributed by atoms with Gasteiger partial charge < -0.3 is 10.6 Å². The highest BCUT2D eigenvalue weighted by Crippen LogP contribution is 2.34. The molecule has 0 aliphatic carbocycles. The molecule has 0 saturated heterocycles. The normalized spacial score (nSPS) is 12.3. The van der Waals surface area contributed by atoms with Crippen molar-refractivity contribution in [3.8, 4) is 0 Å². The van der Waals surface area contributed by atoms with Crippen molar-refractivity contribution >= 4 is 35.0 Å². The Hall–Kier alpha value is -2.48. The second-order valence-corrected chi connectivity index (χ2v) is 7.23. The fourth-order valence-electron chi connectivity index (χ4n) is 2.18. The minimum Gasteiger partial charge on any atom is -0.325 e. The summed E-state index contributed by atoms with van der Waals surface area (Å²) in [6, 6.07) is 12.0. The van der Waals surface area contributed by atoms with Gasteiger partial charge in [-0.05, 0) is 38.1 Å². The first-order valence-electron chi connectivity index (χ1n) is 8.12. The third-order valence-electron chi connectivity index (χ3n) is 3.66. The van der Waals surface area contributed by atoms with Gasteiger partial charge in [-0.1, -0.05) is 29.8 Å². The average Bonchev–Trinajstić information content (AvgIpc) is 2.61. The highest BCUT2D eigenvalue weighted by molar-refractivity contribution is 8.01. The molecule has 4 nitrogen and oxygen atoms in total. The van der Waals surface area contributed by atoms with Crippen LogP contribution in [0.2, 0.25) is 0 Å². The van der Waals surface area contributed by atoms with Crippen molar-refractivity contribution in [3.63, 3.8) is 0 Å². The highest BCUT2D eigenvalue weighted by atomic mass is 32.2. The van der Waals surface area contributed by atoms with Gasteiger partial charge in [-0.25, -0.2) is 0 Å². The zero-order valence-electron chi connectivity index (χ0n) is 14.8. The molecule has 0 saturated carbocycles. The SMILES string of the molecule is Cc1ccc(NC(=O)CSC(C)C(=O)Nc2ccccc2C(F)(F)F)cc1. The minimum absolute atomic E-state index is 0.00335. The number of aryl methyl sites for hydroxylation is 1. The van der Waals surface area contributed by atoms with Crippen LogP contribution in [0, 0.1) is 6.92 Å². The van der Waals surface area contributed by atoms with Gasteiger partial charge in [-0.15, -0.1) is 11.8 Å². The molecule has 0 heterocycles. The Labute approximate surface area is 159 Å². The Morgan fingerprint density at radius 1 is 1.04 bits per heavy atom. The zero-order valence-corrected chi connectivity index (χ0v) is 15.6. The molecule has 144 valence electrons. The maximum absolute atomic E-state index is 13.0. The summed E-state index contributed by atoms with van der Waals surface area (Å²) in [4.78, 5) is 24.1. The van der Waals surface area contributed by atoms with Crippen LogP contribution in [0.1, 0.15) is 18.1 Å². The monoisotopic (exact) mass is 396 g/mol. The van der Waals surface area contributed by atoms with Crippen LogP contribution in [-0.4, -0.2) is 22.8 Å². The van der Waals surface area contributed by atoms with Crippen molar-refractivity contribution < 1.29 is 22.8 Å². The van der Waals surface area contributed by atoms with E-state index < -0.39 is 22.9 Å². The number of hydrogen-bond donors (Lipinski definition) is 2. The summed E-state index contributed by atoms with van der Waals surface area (Å²) in [6.45, 7) is 3.47. The Morgan fingerprint density at radius 2 is 1.67 bits per heavy atom. The van der Waals surface area contributed by atoms with E-state index in [9.17, 15) is 22.8 Å². The number of carbonyl (C=O) groups is 2. The summed E-state index contributed by atoms with van der Waals surface area (Å²) in [5.74, 6) is -0.886. The number of alkyl halides is 3. The zero-order chi connectivity index (χ0) is 20.0. The lowest BCUT2D eigenvalue weighted by molar-refractivity contribution is -0.137. The van der Waals surface area contributed by atoms with E-state index >= 15 is 0 Å². The third-order valence-corrected chi connectivity index (χ3v) is 4.80. The van der Waals surface area contributed by atoms with Crippen molar-refractivity contribution in [2.24, 2.45) is 0 Å². The molecule has 2 rings (SSSR count). The molecule has 0 spiro atoms. The number of anilines is 2. The molecular formula is C19H19F3N2O2S. The maximum Gasteiger partial charge on any atom is 0.418 e. The van der Waals surface area contributed by atoms with Gasteiger partial charge in [0.15, 0.2) is 0 Å². The second kappa shape index (κ2) is 8.94. The molecule has 0 radical (unpaired) electrons. The molecule has 27 heavy (non-hydrogen) atoms. The van der Waals surface area contributed by atoms with Crippen molar-refractivity contribution in [3.05, 3.63) is 59.7 Å². The summed E-state index contributed by atoms with van der Waals surface area (Å²) in [5.41, 5.74) is 0.494. The molecule has 2 amide bonds. The number of nitrogens with one attached hydrogen (secondary N) is 2. The van der Waals surface area contributed by atoms with Gasteiger partial charge in [-0.3, -0.25) is 9.59 Å². The molecule has 0 aromatic heterocycles. The number of thioether (sulfide) groups is 1. The van der Waals surface area contributed by atoms with Crippen LogP contribution in [0.25, 0.3) is 0 Å². The molecule has 1 unspecified atom stereocenters. The molecule has 0 fully saturated rings. The van der Waals surface area contributed by atoms with E-state index in [0.717, 1.165) is 23.4 Å². The van der Waals surface area contributed by atoms with E-state index in [-0.39, 0.29) is 17.3 Å². The summed E-state index contributed by atoms with van der Waals surface area (Å²) in [7, 11) is 0. The Balaban J connectivity index is 1.89. The van der Waals surface area contributed by atoms with Crippen LogP contribution in [0.4, 0.5) is 24.5 Å². The molecular weight excluding hydrogens is 377 g/mol. The van der Waals surface area contributed by atoms with E-state index in [0.29, 0.717) is 5.69 Å². The Bertz CT molecular complexity index is 807. The Morgan fingerprint density at radius 3 is 2.30 bits per heavy atom. The standard InChI is InChI=1S/C19H19F3N2O2S/c1-12-7-9-14(10-8-12)23-17(25)11-27-13(2)18(26)24-16-6-4-3-5-15(16)19(20,21)22/h3-10,13H,11H2,1-2H3,(H,23,25)(H,24,26). The lowest BCUT2D eigenvalue weighted by atomic mass is 10.1. The topological polar surface area (TPSA) is 58.2 Å². The lowest BCUT2D eigenvalue weighted by Gasteiger charge is -2.16. The van der Waals surface area contributed by atoms with Crippen molar-refractivity contribution in [1.29, 1.82) is 0 Å². The number of rotatable bonds is 6. The van der Waals surface area contributed by atoms with E-state index in [1.807, 2.05) is 19.1 Å². The number of halogens is 3. The maximum atomic E-state index is 13.0. The molecule has 1 atom stereocenters. The molecule has 0 aliphatic heterocycles. The first-order valence-corrected chi connectivity index (χ1v) is 9.17. The first-order chi connectivity index (χ1) is 12.7. The van der Waals surface area contributed by atoms with E-state index in [4.69, 9.17) is 0 Å². The van der Waals surface area contributed by atoms with Gasteiger partial charge in [-0.2, -0.15) is 13.2 Å². The largest absolute Gasteiger partial charge is 0.418 e. The molecule has 0 bridgehead atoms. The van der Waals surface area contributed by atoms with Gasteiger partial charge in [0.05, 0.1) is 22.3 Å². The molecule has 2 aromatic rings. The van der Waals surface area contributed by atoms with Gasteiger partial charge in [0.1, 0.15) is 0 Å². The van der Waals surface area contributed by atoms with Gasteiger partial charge in [0.25, 0.3) is 0 Å². The van der Waals surface area contributed by atoms with Crippen LogP contribution in [-0.2, 0) is 15.8 Å². The number of benzene rings is 2. The van der Waals surface area contributed by atoms with E-state index in [2.05, 4.69) is 10.6 Å². The predicted molar refractivity (Wildman–Crippen MR) is 102 cm³/mol. The smallest absolute Gasteiger partial charge is 0.325 e. The van der Waals surface area contributed by atoms with Crippen LogP contribution in [0.5, 0.6) is 0 Å². The van der Waals surface area contributed by atoms with Gasteiger partial charge >= 0.3 is 6.18 Å². The van der Waals surface area contributed by atoms with E-state index in [1.165, 1.54) is 25.1 Å². The molecule has 8 heteroatoms. The fraction of sp³-hybridized carbons (Fsp3) is 0.263. The van der Waals surface area contributed by atoms with Crippen molar-refractivity contribution in [2.45, 2.75) is 25.3 Å². The molecule has 2 N–H and O–H groups in total. The van der Waals surface area contributed by atoms with Crippen LogP contribution < -0.4 is 10.6 Å². The predicted octanol–water partition coefficient (Wildman–Crippen LogP) is 4.71. The minimum atomic E-state index is -4.56. The molecule has 0 aliphatic rings. The third kappa shape index (κ3) is 6.32. The van der Waals surface area contributed by atoms with Crippen LogP contribution in [0.3, 0.4) is 0 Å². The summed E-state index contributed by atoms with van der Waals surface area (Å²) in [5, 5.41) is 4.29. The lowest BCUT2D eigenvalue weighted by Crippen LogP contribution is -2.26.